The largest absolute Gasteiger partial charge is 0.0996 e. The fourth-order valence-corrected chi connectivity index (χ4v) is 2.95. The zero-order valence-corrected chi connectivity index (χ0v) is 14.7. The molecule has 1 atom stereocenters. The van der Waals surface area contributed by atoms with Crippen molar-refractivity contribution in [2.75, 3.05) is 0 Å². The summed E-state index contributed by atoms with van der Waals surface area (Å²) in [7, 11) is 0. The SMILES string of the molecule is C=C1CCCC1C/C=C(\C)CC/C=C(\C)CCC=C(C)C. The van der Waals surface area contributed by atoms with Gasteiger partial charge in [-0.1, -0.05) is 47.1 Å². The average molecular weight is 287 g/mol. The molecule has 1 fully saturated rings. The Kier molecular flexibility index (Phi) is 8.42. The van der Waals surface area contributed by atoms with E-state index >= 15 is 0 Å². The lowest BCUT2D eigenvalue weighted by Gasteiger charge is -2.08. The van der Waals surface area contributed by atoms with Gasteiger partial charge in [0.05, 0.1) is 0 Å². The Labute approximate surface area is 132 Å². The van der Waals surface area contributed by atoms with Crippen molar-refractivity contribution in [1.29, 1.82) is 0 Å². The van der Waals surface area contributed by atoms with E-state index < -0.39 is 0 Å². The van der Waals surface area contributed by atoms with Crippen LogP contribution in [0, 0.1) is 5.92 Å². The molecule has 118 valence electrons. The number of hydrogen-bond donors (Lipinski definition) is 0. The topological polar surface area (TPSA) is 0 Å². The van der Waals surface area contributed by atoms with Gasteiger partial charge in [0, 0.05) is 0 Å². The molecule has 1 rings (SSSR count). The summed E-state index contributed by atoms with van der Waals surface area (Å²) < 4.78 is 0. The third kappa shape index (κ3) is 8.09. The van der Waals surface area contributed by atoms with Crippen molar-refractivity contribution in [2.24, 2.45) is 5.92 Å². The molecule has 1 unspecified atom stereocenters. The highest BCUT2D eigenvalue weighted by molar-refractivity contribution is 5.11. The van der Waals surface area contributed by atoms with Crippen LogP contribution >= 0.6 is 0 Å². The smallest absolute Gasteiger partial charge is 0.0171 e. The first-order chi connectivity index (χ1) is 9.99. The summed E-state index contributed by atoms with van der Waals surface area (Å²) in [6, 6.07) is 0. The summed E-state index contributed by atoms with van der Waals surface area (Å²) in [4.78, 5) is 0. The van der Waals surface area contributed by atoms with Crippen LogP contribution in [0.15, 0.2) is 47.1 Å². The Morgan fingerprint density at radius 3 is 2.19 bits per heavy atom. The Morgan fingerprint density at radius 2 is 1.62 bits per heavy atom. The summed E-state index contributed by atoms with van der Waals surface area (Å²) >= 11 is 0. The molecule has 0 aromatic rings. The normalized spacial score (nSPS) is 20.0. The van der Waals surface area contributed by atoms with Gasteiger partial charge in [-0.3, -0.25) is 0 Å². The molecule has 0 N–H and O–H groups in total. The first kappa shape index (κ1) is 18.0. The van der Waals surface area contributed by atoms with E-state index in [0.717, 1.165) is 5.92 Å². The highest BCUT2D eigenvalue weighted by Crippen LogP contribution is 2.32. The van der Waals surface area contributed by atoms with Crippen LogP contribution in [0.25, 0.3) is 0 Å². The van der Waals surface area contributed by atoms with Gasteiger partial charge in [0.15, 0.2) is 0 Å². The summed E-state index contributed by atoms with van der Waals surface area (Å²) in [6.45, 7) is 13.1. The molecule has 21 heavy (non-hydrogen) atoms. The predicted octanol–water partition coefficient (Wildman–Crippen LogP) is 7.15. The van der Waals surface area contributed by atoms with Gasteiger partial charge in [0.25, 0.3) is 0 Å². The van der Waals surface area contributed by atoms with Gasteiger partial charge in [-0.2, -0.15) is 0 Å². The maximum Gasteiger partial charge on any atom is -0.0171 e. The second-order valence-corrected chi connectivity index (χ2v) is 6.94. The van der Waals surface area contributed by atoms with Crippen molar-refractivity contribution >= 4 is 0 Å². The quantitative estimate of drug-likeness (QED) is 0.415. The monoisotopic (exact) mass is 286 g/mol. The van der Waals surface area contributed by atoms with Crippen LogP contribution in [-0.4, -0.2) is 0 Å². The fourth-order valence-electron chi connectivity index (χ4n) is 2.95. The van der Waals surface area contributed by atoms with Gasteiger partial charge < -0.3 is 0 Å². The van der Waals surface area contributed by atoms with E-state index in [2.05, 4.69) is 52.5 Å². The summed E-state index contributed by atoms with van der Waals surface area (Å²) in [6.07, 6.45) is 17.2. The Hall–Kier alpha value is -1.04. The van der Waals surface area contributed by atoms with Gasteiger partial charge in [-0.05, 0) is 85.0 Å². The van der Waals surface area contributed by atoms with E-state index in [1.807, 2.05) is 0 Å². The van der Waals surface area contributed by atoms with E-state index in [1.165, 1.54) is 68.1 Å². The zero-order valence-electron chi connectivity index (χ0n) is 14.7. The minimum Gasteiger partial charge on any atom is -0.0996 e. The van der Waals surface area contributed by atoms with Crippen molar-refractivity contribution in [3.8, 4) is 0 Å². The number of rotatable bonds is 8. The third-order valence-electron chi connectivity index (χ3n) is 4.50. The Morgan fingerprint density at radius 1 is 1.00 bits per heavy atom. The fraction of sp³-hybridized carbons (Fsp3) is 0.619. The van der Waals surface area contributed by atoms with Crippen LogP contribution in [0.2, 0.25) is 0 Å². The predicted molar refractivity (Wildman–Crippen MR) is 96.5 cm³/mol. The molecule has 0 saturated heterocycles. The Bertz CT molecular complexity index is 413. The zero-order chi connectivity index (χ0) is 15.7. The molecule has 0 heteroatoms. The van der Waals surface area contributed by atoms with Gasteiger partial charge >= 0.3 is 0 Å². The van der Waals surface area contributed by atoms with E-state index in [0.29, 0.717) is 0 Å². The maximum atomic E-state index is 4.20. The second-order valence-electron chi connectivity index (χ2n) is 6.94. The first-order valence-corrected chi connectivity index (χ1v) is 8.61. The molecule has 1 aliphatic rings. The minimum absolute atomic E-state index is 0.765. The molecule has 0 heterocycles. The van der Waals surface area contributed by atoms with Crippen LogP contribution < -0.4 is 0 Å². The van der Waals surface area contributed by atoms with Crippen molar-refractivity contribution in [2.45, 2.75) is 79.1 Å². The molecule has 0 aromatic carbocycles. The molecule has 0 aliphatic heterocycles. The molecule has 0 spiro atoms. The molecule has 1 aliphatic carbocycles. The van der Waals surface area contributed by atoms with E-state index in [4.69, 9.17) is 0 Å². The van der Waals surface area contributed by atoms with E-state index in [-0.39, 0.29) is 0 Å². The minimum atomic E-state index is 0.765. The third-order valence-corrected chi connectivity index (χ3v) is 4.50. The van der Waals surface area contributed by atoms with Crippen LogP contribution in [-0.2, 0) is 0 Å². The molecule has 0 bridgehead atoms. The second kappa shape index (κ2) is 9.82. The summed E-state index contributed by atoms with van der Waals surface area (Å²) in [5, 5.41) is 0. The van der Waals surface area contributed by atoms with Crippen LogP contribution in [0.5, 0.6) is 0 Å². The summed E-state index contributed by atoms with van der Waals surface area (Å²) in [5.74, 6) is 0.765. The van der Waals surface area contributed by atoms with Crippen molar-refractivity contribution < 1.29 is 0 Å². The number of allylic oxidation sites excluding steroid dienone is 7. The number of hydrogen-bond acceptors (Lipinski definition) is 0. The molecule has 1 saturated carbocycles. The van der Waals surface area contributed by atoms with E-state index in [9.17, 15) is 0 Å². The highest BCUT2D eigenvalue weighted by Gasteiger charge is 2.17. The molecule has 0 nitrogen and oxygen atoms in total. The molecule has 0 amide bonds. The van der Waals surface area contributed by atoms with Crippen molar-refractivity contribution in [3.05, 3.63) is 47.1 Å². The van der Waals surface area contributed by atoms with Gasteiger partial charge in [-0.25, -0.2) is 0 Å². The lowest BCUT2D eigenvalue weighted by atomic mass is 9.98. The average Bonchev–Trinajstić information content (AvgIpc) is 2.81. The lowest BCUT2D eigenvalue weighted by molar-refractivity contribution is 0.635. The molecule has 0 radical (unpaired) electrons. The molecular weight excluding hydrogens is 252 g/mol. The molecular formula is C21H34. The van der Waals surface area contributed by atoms with Gasteiger partial charge in [-0.15, -0.1) is 0 Å². The summed E-state index contributed by atoms with van der Waals surface area (Å²) in [5.41, 5.74) is 5.98. The Balaban J connectivity index is 2.23. The van der Waals surface area contributed by atoms with Crippen LogP contribution in [0.3, 0.4) is 0 Å². The molecule has 0 aromatic heterocycles. The van der Waals surface area contributed by atoms with Crippen molar-refractivity contribution in [3.63, 3.8) is 0 Å². The standard InChI is InChI=1S/C21H34/c1-17(2)9-6-10-18(3)11-7-12-19(4)15-16-21-14-8-13-20(21)5/h9,11,15,21H,5-8,10,12-14,16H2,1-4H3/b18-11+,19-15+. The van der Waals surface area contributed by atoms with Crippen LogP contribution in [0.1, 0.15) is 79.1 Å². The van der Waals surface area contributed by atoms with Crippen LogP contribution in [0.4, 0.5) is 0 Å². The van der Waals surface area contributed by atoms with E-state index in [1.54, 1.807) is 5.57 Å². The van der Waals surface area contributed by atoms with Gasteiger partial charge in [0.1, 0.15) is 0 Å². The van der Waals surface area contributed by atoms with Gasteiger partial charge in [0.2, 0.25) is 0 Å². The first-order valence-electron chi connectivity index (χ1n) is 8.61. The lowest BCUT2D eigenvalue weighted by Crippen LogP contribution is -1.93. The van der Waals surface area contributed by atoms with Crippen molar-refractivity contribution in [1.82, 2.24) is 0 Å². The maximum absolute atomic E-state index is 4.20. The highest BCUT2D eigenvalue weighted by atomic mass is 14.2.